The van der Waals surface area contributed by atoms with Crippen molar-refractivity contribution in [1.82, 2.24) is 15.5 Å². The molecule has 0 aromatic carbocycles. The normalized spacial score (nSPS) is 13.5. The van der Waals surface area contributed by atoms with Gasteiger partial charge in [-0.1, -0.05) is 5.16 Å². The highest BCUT2D eigenvalue weighted by atomic mass is 32.1. The van der Waals surface area contributed by atoms with Crippen LogP contribution < -0.4 is 5.32 Å². The molecule has 0 aliphatic heterocycles. The zero-order chi connectivity index (χ0) is 16.3. The van der Waals surface area contributed by atoms with Crippen LogP contribution in [0.15, 0.2) is 51.9 Å². The van der Waals surface area contributed by atoms with E-state index in [1.807, 2.05) is 22.9 Å². The third-order valence-electron chi connectivity index (χ3n) is 3.43. The molecule has 1 unspecified atom stereocenters. The molecular formula is C16H15N3O3S. The second kappa shape index (κ2) is 6.31. The summed E-state index contributed by atoms with van der Waals surface area (Å²) in [4.78, 5) is 16.1. The molecule has 2 N–H and O–H groups in total. The van der Waals surface area contributed by atoms with Gasteiger partial charge < -0.3 is 14.9 Å². The van der Waals surface area contributed by atoms with E-state index in [0.29, 0.717) is 5.76 Å². The van der Waals surface area contributed by atoms with Crippen LogP contribution in [0.5, 0.6) is 0 Å². The Morgan fingerprint density at radius 3 is 3.04 bits per heavy atom. The molecule has 23 heavy (non-hydrogen) atoms. The number of carbonyl (C=O) groups is 1. The van der Waals surface area contributed by atoms with Crippen molar-refractivity contribution in [3.8, 4) is 11.3 Å². The monoisotopic (exact) mass is 329 g/mol. The summed E-state index contributed by atoms with van der Waals surface area (Å²) in [7, 11) is 0. The van der Waals surface area contributed by atoms with Crippen LogP contribution in [-0.2, 0) is 5.60 Å². The summed E-state index contributed by atoms with van der Waals surface area (Å²) in [5, 5.41) is 20.6. The zero-order valence-electron chi connectivity index (χ0n) is 12.4. The average molecular weight is 329 g/mol. The third kappa shape index (κ3) is 3.46. The number of amides is 1. The number of thiophene rings is 1. The second-order valence-electron chi connectivity index (χ2n) is 5.29. The van der Waals surface area contributed by atoms with Gasteiger partial charge in [-0.3, -0.25) is 9.78 Å². The zero-order valence-corrected chi connectivity index (χ0v) is 13.2. The van der Waals surface area contributed by atoms with E-state index in [0.717, 1.165) is 11.1 Å². The minimum Gasteiger partial charge on any atom is -0.384 e. The van der Waals surface area contributed by atoms with Gasteiger partial charge in [0.1, 0.15) is 5.60 Å². The topological polar surface area (TPSA) is 88.2 Å². The Kier molecular flexibility index (Phi) is 4.22. The molecule has 7 heteroatoms. The van der Waals surface area contributed by atoms with Crippen LogP contribution in [0, 0.1) is 0 Å². The number of carbonyl (C=O) groups excluding carboxylic acids is 1. The lowest BCUT2D eigenvalue weighted by molar-refractivity contribution is 0.0527. The van der Waals surface area contributed by atoms with Crippen LogP contribution in [0.4, 0.5) is 0 Å². The number of hydrogen-bond donors (Lipinski definition) is 2. The number of aromatic nitrogens is 2. The van der Waals surface area contributed by atoms with Crippen molar-refractivity contribution in [3.63, 3.8) is 0 Å². The molecule has 118 valence electrons. The Morgan fingerprint density at radius 2 is 2.35 bits per heavy atom. The van der Waals surface area contributed by atoms with E-state index < -0.39 is 11.5 Å². The molecule has 0 aliphatic carbocycles. The number of rotatable bonds is 5. The van der Waals surface area contributed by atoms with Crippen molar-refractivity contribution < 1.29 is 14.4 Å². The predicted octanol–water partition coefficient (Wildman–Crippen LogP) is 2.44. The maximum atomic E-state index is 12.1. The minimum absolute atomic E-state index is 0.0810. The van der Waals surface area contributed by atoms with E-state index in [9.17, 15) is 9.90 Å². The highest BCUT2D eigenvalue weighted by Gasteiger charge is 2.25. The van der Waals surface area contributed by atoms with Gasteiger partial charge in [0.2, 0.25) is 0 Å². The molecule has 3 rings (SSSR count). The Hall–Kier alpha value is -2.51. The van der Waals surface area contributed by atoms with Gasteiger partial charge in [-0.2, -0.15) is 11.3 Å². The summed E-state index contributed by atoms with van der Waals surface area (Å²) >= 11 is 1.49. The lowest BCUT2D eigenvalue weighted by Crippen LogP contribution is -2.38. The van der Waals surface area contributed by atoms with Crippen LogP contribution in [-0.4, -0.2) is 27.7 Å². The number of nitrogens with zero attached hydrogens (tertiary/aromatic N) is 2. The number of hydrogen-bond acceptors (Lipinski definition) is 6. The van der Waals surface area contributed by atoms with E-state index in [1.165, 1.54) is 11.3 Å². The van der Waals surface area contributed by atoms with Crippen LogP contribution in [0.25, 0.3) is 11.3 Å². The lowest BCUT2D eigenvalue weighted by atomic mass is 9.99. The second-order valence-corrected chi connectivity index (χ2v) is 6.07. The quantitative estimate of drug-likeness (QED) is 0.750. The standard InChI is InChI=1S/C16H15N3O3S/c1-16(21,12-4-6-23-9-12)10-18-15(20)13-7-14(22-19-13)11-3-2-5-17-8-11/h2-9,21H,10H2,1H3,(H,18,20). The fraction of sp³-hybridized carbons (Fsp3) is 0.188. The third-order valence-corrected chi connectivity index (χ3v) is 4.11. The molecule has 3 aromatic heterocycles. The Bertz CT molecular complexity index is 782. The van der Waals surface area contributed by atoms with Crippen LogP contribution in [0.1, 0.15) is 23.0 Å². The molecule has 6 nitrogen and oxygen atoms in total. The summed E-state index contributed by atoms with van der Waals surface area (Å²) in [6.07, 6.45) is 3.28. The minimum atomic E-state index is -1.13. The molecule has 1 amide bonds. The molecule has 0 saturated carbocycles. The molecular weight excluding hydrogens is 314 g/mol. The fourth-order valence-corrected chi connectivity index (χ4v) is 2.83. The van der Waals surface area contributed by atoms with Gasteiger partial charge in [-0.25, -0.2) is 0 Å². The van der Waals surface area contributed by atoms with Crippen molar-refractivity contribution >= 4 is 17.2 Å². The highest BCUT2D eigenvalue weighted by molar-refractivity contribution is 7.08. The van der Waals surface area contributed by atoms with Gasteiger partial charge in [-0.15, -0.1) is 0 Å². The van der Waals surface area contributed by atoms with Gasteiger partial charge >= 0.3 is 0 Å². The summed E-state index contributed by atoms with van der Waals surface area (Å²) < 4.78 is 5.16. The average Bonchev–Trinajstić information content (AvgIpc) is 3.25. The SMILES string of the molecule is CC(O)(CNC(=O)c1cc(-c2cccnc2)on1)c1ccsc1. The lowest BCUT2D eigenvalue weighted by Gasteiger charge is -2.22. The van der Waals surface area contributed by atoms with Crippen molar-refractivity contribution in [2.75, 3.05) is 6.54 Å². The summed E-state index contributed by atoms with van der Waals surface area (Å²) in [5.41, 5.74) is 0.527. The number of aliphatic hydroxyl groups is 1. The Balaban J connectivity index is 1.66. The molecule has 0 fully saturated rings. The molecule has 1 atom stereocenters. The van der Waals surface area contributed by atoms with E-state index in [1.54, 1.807) is 31.5 Å². The van der Waals surface area contributed by atoms with E-state index in [-0.39, 0.29) is 12.2 Å². The van der Waals surface area contributed by atoms with Gasteiger partial charge in [0, 0.05) is 24.0 Å². The number of pyridine rings is 1. The van der Waals surface area contributed by atoms with E-state index in [4.69, 9.17) is 4.52 Å². The molecule has 3 aromatic rings. The van der Waals surface area contributed by atoms with Gasteiger partial charge in [-0.05, 0) is 41.4 Å². The fourth-order valence-electron chi connectivity index (χ4n) is 2.04. The van der Waals surface area contributed by atoms with Crippen molar-refractivity contribution in [3.05, 3.63) is 58.7 Å². The van der Waals surface area contributed by atoms with Crippen molar-refractivity contribution in [2.24, 2.45) is 0 Å². The van der Waals surface area contributed by atoms with Crippen molar-refractivity contribution in [1.29, 1.82) is 0 Å². The highest BCUT2D eigenvalue weighted by Crippen LogP contribution is 2.22. The number of nitrogens with one attached hydrogen (secondary N) is 1. The van der Waals surface area contributed by atoms with Gasteiger partial charge in [0.25, 0.3) is 5.91 Å². The first kappa shape index (κ1) is 15.4. The molecule has 3 heterocycles. The van der Waals surface area contributed by atoms with Crippen molar-refractivity contribution in [2.45, 2.75) is 12.5 Å². The first-order valence-corrected chi connectivity index (χ1v) is 7.91. The summed E-state index contributed by atoms with van der Waals surface area (Å²) in [5.74, 6) is 0.0623. The maximum Gasteiger partial charge on any atom is 0.273 e. The summed E-state index contributed by atoms with van der Waals surface area (Å²) in [6.45, 7) is 1.73. The Morgan fingerprint density at radius 1 is 1.48 bits per heavy atom. The molecule has 0 aliphatic rings. The molecule has 0 radical (unpaired) electrons. The van der Waals surface area contributed by atoms with Crippen LogP contribution in [0.2, 0.25) is 0 Å². The Labute approximate surface area is 136 Å². The van der Waals surface area contributed by atoms with Gasteiger partial charge in [0.05, 0.1) is 6.54 Å². The summed E-state index contributed by atoms with van der Waals surface area (Å²) in [6, 6.07) is 6.96. The van der Waals surface area contributed by atoms with Crippen LogP contribution >= 0.6 is 11.3 Å². The predicted molar refractivity (Wildman–Crippen MR) is 86.0 cm³/mol. The molecule has 0 bridgehead atoms. The van der Waals surface area contributed by atoms with Crippen LogP contribution in [0.3, 0.4) is 0 Å². The molecule has 0 saturated heterocycles. The first-order chi connectivity index (χ1) is 11.1. The molecule has 0 spiro atoms. The maximum absolute atomic E-state index is 12.1. The smallest absolute Gasteiger partial charge is 0.273 e. The van der Waals surface area contributed by atoms with E-state index in [2.05, 4.69) is 15.5 Å². The largest absolute Gasteiger partial charge is 0.384 e. The van der Waals surface area contributed by atoms with E-state index >= 15 is 0 Å². The van der Waals surface area contributed by atoms with Gasteiger partial charge in [0.15, 0.2) is 11.5 Å². The first-order valence-electron chi connectivity index (χ1n) is 6.96.